The number of ether oxygens (including phenoxy) is 1. The van der Waals surface area contributed by atoms with Crippen LogP contribution in [0.1, 0.15) is 53.4 Å². The molecule has 30 heavy (non-hydrogen) atoms. The second kappa shape index (κ2) is 7.84. The van der Waals surface area contributed by atoms with E-state index in [0.717, 1.165) is 0 Å². The van der Waals surface area contributed by atoms with Crippen molar-refractivity contribution < 1.29 is 39.9 Å². The predicted octanol–water partition coefficient (Wildman–Crippen LogP) is 0.355. The summed E-state index contributed by atoms with van der Waals surface area (Å²) in [6.07, 6.45) is -5.92. The fourth-order valence-corrected chi connectivity index (χ4v) is 4.80. The molecule has 0 radical (unpaired) electrons. The number of hydrogen-bond donors (Lipinski definition) is 5. The highest BCUT2D eigenvalue weighted by atomic mass is 16.5. The van der Waals surface area contributed by atoms with Gasteiger partial charge in [0.25, 0.3) is 0 Å². The van der Waals surface area contributed by atoms with E-state index in [1.54, 1.807) is 0 Å². The van der Waals surface area contributed by atoms with E-state index in [4.69, 9.17) is 9.84 Å². The Morgan fingerprint density at radius 1 is 0.833 bits per heavy atom. The summed E-state index contributed by atoms with van der Waals surface area (Å²) >= 11 is 0. The molecule has 5 N–H and O–H groups in total. The standard InChI is InChI=1S/C22H32O8/c1-21(2)5-10(24)15-13(7-21)30-14-8-22(3,4)6-11(25)16(14)17(15)19(28)20(29)18(27)12(26)9-23/h12,17-20,23,26-29H,5-9H2,1-4H3/t12-,18+,19+,20+/m1/s1. The van der Waals surface area contributed by atoms with E-state index >= 15 is 0 Å². The summed E-state index contributed by atoms with van der Waals surface area (Å²) in [5.41, 5.74) is -0.414. The summed E-state index contributed by atoms with van der Waals surface area (Å²) in [4.78, 5) is 26.1. The molecule has 0 spiro atoms. The van der Waals surface area contributed by atoms with Gasteiger partial charge >= 0.3 is 0 Å². The average molecular weight is 424 g/mol. The van der Waals surface area contributed by atoms with Gasteiger partial charge in [-0.2, -0.15) is 0 Å². The highest BCUT2D eigenvalue weighted by molar-refractivity contribution is 6.04. The Hall–Kier alpha value is -1.58. The van der Waals surface area contributed by atoms with E-state index < -0.39 is 36.9 Å². The van der Waals surface area contributed by atoms with E-state index in [0.29, 0.717) is 24.4 Å². The molecule has 0 saturated carbocycles. The Kier molecular flexibility index (Phi) is 6.03. The normalized spacial score (nSPS) is 27.8. The molecule has 1 aliphatic heterocycles. The van der Waals surface area contributed by atoms with Gasteiger partial charge in [0.05, 0.1) is 18.6 Å². The molecular formula is C22H32O8. The first-order chi connectivity index (χ1) is 13.8. The lowest BCUT2D eigenvalue weighted by molar-refractivity contribution is -0.132. The second-order valence-electron chi connectivity index (χ2n) is 10.4. The van der Waals surface area contributed by atoms with Gasteiger partial charge in [0.1, 0.15) is 29.8 Å². The number of hydrogen-bond acceptors (Lipinski definition) is 8. The molecule has 0 aromatic heterocycles. The highest BCUT2D eigenvalue weighted by Gasteiger charge is 2.51. The number of allylic oxidation sites excluding steroid dienone is 2. The van der Waals surface area contributed by atoms with E-state index in [1.807, 2.05) is 27.7 Å². The van der Waals surface area contributed by atoms with Crippen LogP contribution in [-0.4, -0.2) is 68.1 Å². The van der Waals surface area contributed by atoms with Crippen molar-refractivity contribution in [1.29, 1.82) is 0 Å². The quantitative estimate of drug-likeness (QED) is 0.425. The minimum atomic E-state index is -1.89. The molecular weight excluding hydrogens is 392 g/mol. The highest BCUT2D eigenvalue weighted by Crippen LogP contribution is 2.51. The van der Waals surface area contributed by atoms with Gasteiger partial charge in [0, 0.05) is 36.8 Å². The molecule has 0 fully saturated rings. The number of rotatable bonds is 5. The van der Waals surface area contributed by atoms with E-state index in [2.05, 4.69) is 0 Å². The fourth-order valence-electron chi connectivity index (χ4n) is 4.80. The molecule has 0 aromatic carbocycles. The monoisotopic (exact) mass is 424 g/mol. The lowest BCUT2D eigenvalue weighted by Gasteiger charge is -2.44. The van der Waals surface area contributed by atoms with Crippen LogP contribution in [0.4, 0.5) is 0 Å². The zero-order valence-electron chi connectivity index (χ0n) is 17.9. The van der Waals surface area contributed by atoms with Gasteiger partial charge < -0.3 is 30.3 Å². The van der Waals surface area contributed by atoms with Gasteiger partial charge in [0.15, 0.2) is 11.6 Å². The third-order valence-corrected chi connectivity index (χ3v) is 6.25. The van der Waals surface area contributed by atoms with Crippen molar-refractivity contribution in [3.05, 3.63) is 22.7 Å². The minimum Gasteiger partial charge on any atom is -0.465 e. The van der Waals surface area contributed by atoms with Gasteiger partial charge in [-0.3, -0.25) is 9.59 Å². The Balaban J connectivity index is 2.10. The summed E-state index contributed by atoms with van der Waals surface area (Å²) in [5, 5.41) is 50.4. The van der Waals surface area contributed by atoms with Gasteiger partial charge in [-0.25, -0.2) is 0 Å². The van der Waals surface area contributed by atoms with Crippen LogP contribution >= 0.6 is 0 Å². The van der Waals surface area contributed by atoms with Crippen LogP contribution in [0.5, 0.6) is 0 Å². The number of Topliss-reactive ketones (excluding diaryl/α,β-unsaturated/α-hetero) is 2. The third kappa shape index (κ3) is 4.11. The van der Waals surface area contributed by atoms with Crippen molar-refractivity contribution in [2.75, 3.05) is 6.61 Å². The van der Waals surface area contributed by atoms with Crippen LogP contribution in [0, 0.1) is 16.7 Å². The Morgan fingerprint density at radius 2 is 1.27 bits per heavy atom. The number of carbonyl (C=O) groups is 2. The minimum absolute atomic E-state index is 0.151. The fraction of sp³-hybridized carbons (Fsp3) is 0.727. The molecule has 3 aliphatic rings. The third-order valence-electron chi connectivity index (χ3n) is 6.25. The largest absolute Gasteiger partial charge is 0.465 e. The van der Waals surface area contributed by atoms with Crippen molar-refractivity contribution in [3.63, 3.8) is 0 Å². The number of aliphatic hydroxyl groups excluding tert-OH is 5. The van der Waals surface area contributed by atoms with Crippen molar-refractivity contribution in [2.45, 2.75) is 77.8 Å². The molecule has 0 aromatic rings. The van der Waals surface area contributed by atoms with Crippen molar-refractivity contribution in [2.24, 2.45) is 16.7 Å². The summed E-state index contributed by atoms with van der Waals surface area (Å²) in [6.45, 7) is 6.90. The summed E-state index contributed by atoms with van der Waals surface area (Å²) in [5.74, 6) is -0.952. The molecule has 0 bridgehead atoms. The summed E-state index contributed by atoms with van der Waals surface area (Å²) in [6, 6.07) is 0. The van der Waals surface area contributed by atoms with E-state index in [1.165, 1.54) is 0 Å². The van der Waals surface area contributed by atoms with Crippen LogP contribution in [0.2, 0.25) is 0 Å². The average Bonchev–Trinajstić information content (AvgIpc) is 2.61. The molecule has 8 nitrogen and oxygen atoms in total. The first-order valence-electron chi connectivity index (χ1n) is 10.3. The lowest BCUT2D eigenvalue weighted by Crippen LogP contribution is -2.52. The summed E-state index contributed by atoms with van der Waals surface area (Å²) < 4.78 is 6.07. The van der Waals surface area contributed by atoms with Crippen LogP contribution in [0.25, 0.3) is 0 Å². The molecule has 0 unspecified atom stereocenters. The van der Waals surface area contributed by atoms with Crippen LogP contribution in [-0.2, 0) is 14.3 Å². The second-order valence-corrected chi connectivity index (χ2v) is 10.4. The Labute approximate surface area is 175 Å². The van der Waals surface area contributed by atoms with Crippen LogP contribution in [0.15, 0.2) is 22.7 Å². The molecule has 0 amide bonds. The number of aliphatic hydroxyl groups is 5. The Bertz CT molecular complexity index is 754. The number of carbonyl (C=O) groups excluding carboxylic acids is 2. The van der Waals surface area contributed by atoms with Crippen molar-refractivity contribution in [1.82, 2.24) is 0 Å². The zero-order valence-corrected chi connectivity index (χ0v) is 17.9. The van der Waals surface area contributed by atoms with Gasteiger partial charge in [-0.1, -0.05) is 27.7 Å². The summed E-state index contributed by atoms with van der Waals surface area (Å²) in [7, 11) is 0. The van der Waals surface area contributed by atoms with Crippen molar-refractivity contribution in [3.8, 4) is 0 Å². The maximum absolute atomic E-state index is 13.0. The number of ketones is 2. The molecule has 3 rings (SSSR count). The van der Waals surface area contributed by atoms with E-state index in [9.17, 15) is 30.0 Å². The van der Waals surface area contributed by atoms with E-state index in [-0.39, 0.29) is 46.4 Å². The predicted molar refractivity (Wildman–Crippen MR) is 106 cm³/mol. The molecule has 0 saturated heterocycles. The Morgan fingerprint density at radius 3 is 1.67 bits per heavy atom. The van der Waals surface area contributed by atoms with Crippen molar-refractivity contribution >= 4 is 11.6 Å². The van der Waals surface area contributed by atoms with Gasteiger partial charge in [-0.15, -0.1) is 0 Å². The molecule has 1 heterocycles. The molecule has 8 heteroatoms. The molecule has 4 atom stereocenters. The maximum Gasteiger partial charge on any atom is 0.163 e. The first-order valence-corrected chi connectivity index (χ1v) is 10.3. The zero-order chi connectivity index (χ0) is 22.6. The maximum atomic E-state index is 13.0. The van der Waals surface area contributed by atoms with Gasteiger partial charge in [0.2, 0.25) is 0 Å². The van der Waals surface area contributed by atoms with Crippen LogP contribution < -0.4 is 0 Å². The molecule has 2 aliphatic carbocycles. The topological polar surface area (TPSA) is 145 Å². The van der Waals surface area contributed by atoms with Crippen LogP contribution in [0.3, 0.4) is 0 Å². The SMILES string of the molecule is CC1(C)CC(=O)C2=C(C1)OC1=C(C(=O)CC(C)(C)C1)C2[C@H](O)[C@@H](O)[C@@H](O)[C@H](O)CO. The van der Waals surface area contributed by atoms with Gasteiger partial charge in [-0.05, 0) is 10.8 Å². The first kappa shape index (κ1) is 23.1. The molecule has 168 valence electrons. The lowest BCUT2D eigenvalue weighted by atomic mass is 9.65. The smallest absolute Gasteiger partial charge is 0.163 e.